The van der Waals surface area contributed by atoms with E-state index in [9.17, 15) is 4.39 Å². The second-order valence-corrected chi connectivity index (χ2v) is 8.25. The minimum atomic E-state index is -0.329. The zero-order chi connectivity index (χ0) is 21.0. The molecule has 1 unspecified atom stereocenters. The van der Waals surface area contributed by atoms with Crippen molar-refractivity contribution in [3.05, 3.63) is 47.9 Å². The summed E-state index contributed by atoms with van der Waals surface area (Å²) in [7, 11) is 1.53. The highest BCUT2D eigenvalue weighted by molar-refractivity contribution is 5.61. The van der Waals surface area contributed by atoms with Crippen molar-refractivity contribution in [3.63, 3.8) is 0 Å². The van der Waals surface area contributed by atoms with Crippen molar-refractivity contribution in [3.8, 4) is 17.0 Å². The monoisotopic (exact) mass is 414 g/mol. The Kier molecular flexibility index (Phi) is 9.58. The molecule has 1 aliphatic heterocycles. The highest BCUT2D eigenvalue weighted by Gasteiger charge is 2.11. The van der Waals surface area contributed by atoms with E-state index in [0.29, 0.717) is 17.9 Å². The molecule has 0 bridgehead atoms. The number of aromatic nitrogens is 1. The Morgan fingerprint density at radius 2 is 2.00 bits per heavy atom. The largest absolute Gasteiger partial charge is 0.497 e. The van der Waals surface area contributed by atoms with Crippen LogP contribution in [0.5, 0.6) is 5.75 Å². The standard InChI is InChI=1S/C25H35FN2O2/c1-29-24-15-22(14-23(26)16-24)25-11-10-21(18-28-25)19-30-13-7-3-2-4-8-20-9-5-6-12-27-17-20/h10-11,14-16,18,20,27H,2-9,12-13,17,19H2,1H3. The number of unbranched alkanes of at least 4 members (excludes halogenated alkanes) is 3. The van der Waals surface area contributed by atoms with Gasteiger partial charge < -0.3 is 14.8 Å². The molecule has 2 heterocycles. The van der Waals surface area contributed by atoms with Crippen molar-refractivity contribution >= 4 is 0 Å². The van der Waals surface area contributed by atoms with Gasteiger partial charge in [-0.3, -0.25) is 4.98 Å². The van der Waals surface area contributed by atoms with E-state index < -0.39 is 0 Å². The summed E-state index contributed by atoms with van der Waals surface area (Å²) in [5, 5.41) is 3.55. The molecule has 1 N–H and O–H groups in total. The summed E-state index contributed by atoms with van der Waals surface area (Å²) >= 11 is 0. The maximum atomic E-state index is 13.7. The first-order valence-electron chi connectivity index (χ1n) is 11.3. The van der Waals surface area contributed by atoms with Gasteiger partial charge in [0.05, 0.1) is 19.4 Å². The Morgan fingerprint density at radius 3 is 2.83 bits per heavy atom. The lowest BCUT2D eigenvalue weighted by atomic mass is 9.96. The summed E-state index contributed by atoms with van der Waals surface area (Å²) in [6, 6.07) is 8.50. The molecule has 164 valence electrons. The molecule has 30 heavy (non-hydrogen) atoms. The number of benzene rings is 1. The van der Waals surface area contributed by atoms with Crippen molar-refractivity contribution in [2.75, 3.05) is 26.8 Å². The lowest BCUT2D eigenvalue weighted by Crippen LogP contribution is -2.20. The molecule has 1 saturated heterocycles. The predicted octanol–water partition coefficient (Wildman–Crippen LogP) is 5.75. The first-order valence-corrected chi connectivity index (χ1v) is 11.3. The number of nitrogens with zero attached hydrogens (tertiary/aromatic N) is 1. The Hall–Kier alpha value is -1.98. The Labute approximate surface area is 180 Å². The van der Waals surface area contributed by atoms with E-state index in [4.69, 9.17) is 9.47 Å². The van der Waals surface area contributed by atoms with Gasteiger partial charge in [0.25, 0.3) is 0 Å². The van der Waals surface area contributed by atoms with E-state index >= 15 is 0 Å². The van der Waals surface area contributed by atoms with Crippen molar-refractivity contribution in [2.45, 2.75) is 58.0 Å². The molecule has 3 rings (SSSR count). The highest BCUT2D eigenvalue weighted by atomic mass is 19.1. The van der Waals surface area contributed by atoms with E-state index in [1.54, 1.807) is 12.3 Å². The number of hydrogen-bond donors (Lipinski definition) is 1. The van der Waals surface area contributed by atoms with Gasteiger partial charge in [0, 0.05) is 24.4 Å². The van der Waals surface area contributed by atoms with Crippen LogP contribution < -0.4 is 10.1 Å². The SMILES string of the molecule is COc1cc(F)cc(-c2ccc(COCCCCCCC3CCCCNC3)cn2)c1. The first kappa shape index (κ1) is 22.7. The minimum Gasteiger partial charge on any atom is -0.497 e. The van der Waals surface area contributed by atoms with Gasteiger partial charge in [-0.25, -0.2) is 4.39 Å². The number of hydrogen-bond acceptors (Lipinski definition) is 4. The van der Waals surface area contributed by atoms with E-state index in [1.807, 2.05) is 12.1 Å². The van der Waals surface area contributed by atoms with Gasteiger partial charge in [-0.2, -0.15) is 0 Å². The fourth-order valence-electron chi connectivity index (χ4n) is 4.03. The van der Waals surface area contributed by atoms with Crippen molar-refractivity contribution in [2.24, 2.45) is 5.92 Å². The molecule has 2 aromatic rings. The molecule has 1 aliphatic rings. The topological polar surface area (TPSA) is 43.4 Å². The van der Waals surface area contributed by atoms with Crippen LogP contribution in [0.15, 0.2) is 36.5 Å². The molecule has 0 saturated carbocycles. The van der Waals surface area contributed by atoms with Crippen LogP contribution in [0.1, 0.15) is 56.9 Å². The minimum absolute atomic E-state index is 0.329. The molecule has 0 aliphatic carbocycles. The van der Waals surface area contributed by atoms with Crippen molar-refractivity contribution in [1.82, 2.24) is 10.3 Å². The van der Waals surface area contributed by atoms with Crippen LogP contribution in [0.4, 0.5) is 4.39 Å². The predicted molar refractivity (Wildman–Crippen MR) is 119 cm³/mol. The highest BCUT2D eigenvalue weighted by Crippen LogP contribution is 2.24. The molecule has 1 fully saturated rings. The molecular formula is C25H35FN2O2. The summed E-state index contributed by atoms with van der Waals surface area (Å²) in [6.45, 7) is 3.76. The van der Waals surface area contributed by atoms with Crippen molar-refractivity contribution < 1.29 is 13.9 Å². The summed E-state index contributed by atoms with van der Waals surface area (Å²) < 4.78 is 24.6. The molecule has 1 aromatic heterocycles. The second kappa shape index (κ2) is 12.7. The molecule has 0 radical (unpaired) electrons. The van der Waals surface area contributed by atoms with Crippen LogP contribution in [0.25, 0.3) is 11.3 Å². The normalized spacial score (nSPS) is 16.9. The van der Waals surface area contributed by atoms with Gasteiger partial charge in [-0.05, 0) is 68.5 Å². The van der Waals surface area contributed by atoms with Gasteiger partial charge in [-0.1, -0.05) is 31.7 Å². The lowest BCUT2D eigenvalue weighted by Gasteiger charge is -2.13. The Bertz CT molecular complexity index is 743. The van der Waals surface area contributed by atoms with Gasteiger partial charge >= 0.3 is 0 Å². The average molecular weight is 415 g/mol. The number of pyridine rings is 1. The molecule has 1 aromatic carbocycles. The first-order chi connectivity index (χ1) is 14.7. The van der Waals surface area contributed by atoms with Crippen LogP contribution >= 0.6 is 0 Å². The van der Waals surface area contributed by atoms with Crippen LogP contribution in [0.2, 0.25) is 0 Å². The number of rotatable bonds is 11. The van der Waals surface area contributed by atoms with Crippen LogP contribution in [0.3, 0.4) is 0 Å². The molecule has 0 amide bonds. The molecule has 1 atom stereocenters. The van der Waals surface area contributed by atoms with Crippen LogP contribution in [0, 0.1) is 11.7 Å². The number of nitrogens with one attached hydrogen (secondary N) is 1. The van der Waals surface area contributed by atoms with Gasteiger partial charge in [0.15, 0.2) is 0 Å². The second-order valence-electron chi connectivity index (χ2n) is 8.25. The zero-order valence-corrected chi connectivity index (χ0v) is 18.2. The lowest BCUT2D eigenvalue weighted by molar-refractivity contribution is 0.116. The zero-order valence-electron chi connectivity index (χ0n) is 18.2. The number of halogens is 1. The van der Waals surface area contributed by atoms with E-state index in [0.717, 1.165) is 30.2 Å². The number of ether oxygens (including phenoxy) is 2. The third kappa shape index (κ3) is 7.69. The third-order valence-electron chi connectivity index (χ3n) is 5.80. The van der Waals surface area contributed by atoms with E-state index in [-0.39, 0.29) is 5.82 Å². The van der Waals surface area contributed by atoms with Gasteiger partial charge in [0.1, 0.15) is 11.6 Å². The maximum Gasteiger partial charge on any atom is 0.127 e. The van der Waals surface area contributed by atoms with Crippen LogP contribution in [-0.2, 0) is 11.3 Å². The quantitative estimate of drug-likeness (QED) is 0.475. The molecule has 5 heteroatoms. The van der Waals surface area contributed by atoms with E-state index in [1.165, 1.54) is 77.3 Å². The summed E-state index contributed by atoms with van der Waals surface area (Å²) in [5.74, 6) is 1.04. The number of methoxy groups -OCH3 is 1. The summed E-state index contributed by atoms with van der Waals surface area (Å²) in [6.07, 6.45) is 12.3. The average Bonchev–Trinajstić information content (AvgIpc) is 3.04. The fourth-order valence-corrected chi connectivity index (χ4v) is 4.03. The summed E-state index contributed by atoms with van der Waals surface area (Å²) in [5.41, 5.74) is 2.46. The smallest absolute Gasteiger partial charge is 0.127 e. The van der Waals surface area contributed by atoms with Crippen LogP contribution in [-0.4, -0.2) is 31.8 Å². The van der Waals surface area contributed by atoms with Crippen molar-refractivity contribution in [1.29, 1.82) is 0 Å². The van der Waals surface area contributed by atoms with Gasteiger partial charge in [-0.15, -0.1) is 0 Å². The molecular weight excluding hydrogens is 379 g/mol. The van der Waals surface area contributed by atoms with E-state index in [2.05, 4.69) is 10.3 Å². The van der Waals surface area contributed by atoms with Gasteiger partial charge in [0.2, 0.25) is 0 Å². The third-order valence-corrected chi connectivity index (χ3v) is 5.80. The Balaban J connectivity index is 1.29. The molecule has 4 nitrogen and oxygen atoms in total. The maximum absolute atomic E-state index is 13.7. The summed E-state index contributed by atoms with van der Waals surface area (Å²) in [4.78, 5) is 4.45. The Morgan fingerprint density at radius 1 is 1.10 bits per heavy atom. The fraction of sp³-hybridized carbons (Fsp3) is 0.560. The molecule has 0 spiro atoms.